The van der Waals surface area contributed by atoms with Crippen molar-refractivity contribution < 1.29 is 4.79 Å². The lowest BCUT2D eigenvalue weighted by atomic mass is 9.97. The molecule has 7 nitrogen and oxygen atoms in total. The van der Waals surface area contributed by atoms with Crippen LogP contribution in [0.2, 0.25) is 0 Å². The molecule has 3 rings (SSSR count). The van der Waals surface area contributed by atoms with Gasteiger partial charge in [-0.1, -0.05) is 24.3 Å². The van der Waals surface area contributed by atoms with Crippen molar-refractivity contribution in [1.82, 2.24) is 14.0 Å². The molecule has 0 amide bonds. The second-order valence-electron chi connectivity index (χ2n) is 6.50. The molecule has 0 radical (unpaired) electrons. The van der Waals surface area contributed by atoms with Gasteiger partial charge in [0.2, 0.25) is 0 Å². The molecule has 1 atom stereocenters. The van der Waals surface area contributed by atoms with Crippen molar-refractivity contribution in [3.63, 3.8) is 0 Å². The minimum absolute atomic E-state index is 0.0811. The summed E-state index contributed by atoms with van der Waals surface area (Å²) in [4.78, 5) is 39.3. The lowest BCUT2D eigenvalue weighted by Gasteiger charge is -2.33. The van der Waals surface area contributed by atoms with Crippen LogP contribution in [0.5, 0.6) is 0 Å². The Kier molecular flexibility index (Phi) is 4.34. The molecular formula is C18H22N4O3. The number of nitrogen functional groups attached to an aromatic ring is 1. The molecule has 0 saturated carbocycles. The highest BCUT2D eigenvalue weighted by Crippen LogP contribution is 2.21. The van der Waals surface area contributed by atoms with Crippen LogP contribution < -0.4 is 17.0 Å². The molecule has 1 aliphatic rings. The number of hydrogen-bond donors (Lipinski definition) is 1. The number of aromatic nitrogens is 2. The first-order valence-electron chi connectivity index (χ1n) is 8.23. The molecule has 1 aromatic heterocycles. The number of ketones is 1. The largest absolute Gasteiger partial charge is 0.384 e. The SMILES string of the molecule is C[C@@H](C(=O)c1c(N)n(C)c(=O)n(C)c1=O)N1CCc2ccccc2C1. The summed E-state index contributed by atoms with van der Waals surface area (Å²) < 4.78 is 2.05. The zero-order valence-electron chi connectivity index (χ0n) is 14.7. The van der Waals surface area contributed by atoms with E-state index < -0.39 is 17.3 Å². The van der Waals surface area contributed by atoms with Crippen LogP contribution in [0.1, 0.15) is 28.4 Å². The van der Waals surface area contributed by atoms with Crippen molar-refractivity contribution >= 4 is 11.6 Å². The number of nitrogens with two attached hydrogens (primary N) is 1. The zero-order chi connectivity index (χ0) is 18.3. The summed E-state index contributed by atoms with van der Waals surface area (Å²) >= 11 is 0. The monoisotopic (exact) mass is 342 g/mol. The van der Waals surface area contributed by atoms with Gasteiger partial charge in [0.1, 0.15) is 11.4 Å². The highest BCUT2D eigenvalue weighted by atomic mass is 16.2. The van der Waals surface area contributed by atoms with Crippen LogP contribution in [0.4, 0.5) is 5.82 Å². The highest BCUT2D eigenvalue weighted by Gasteiger charge is 2.30. The maximum Gasteiger partial charge on any atom is 0.332 e. The molecule has 2 N–H and O–H groups in total. The predicted octanol–water partition coefficient (Wildman–Crippen LogP) is 0.296. The fourth-order valence-corrected chi connectivity index (χ4v) is 3.31. The molecule has 0 aliphatic carbocycles. The minimum atomic E-state index is -0.644. The maximum absolute atomic E-state index is 13.0. The Morgan fingerprint density at radius 2 is 1.76 bits per heavy atom. The molecule has 0 unspecified atom stereocenters. The first kappa shape index (κ1) is 17.2. The van der Waals surface area contributed by atoms with Gasteiger partial charge < -0.3 is 5.73 Å². The topological polar surface area (TPSA) is 90.3 Å². The molecule has 2 aromatic rings. The van der Waals surface area contributed by atoms with Crippen molar-refractivity contribution in [3.05, 3.63) is 61.8 Å². The third-order valence-corrected chi connectivity index (χ3v) is 5.04. The second kappa shape index (κ2) is 6.33. The van der Waals surface area contributed by atoms with E-state index in [1.165, 1.54) is 25.2 Å². The summed E-state index contributed by atoms with van der Waals surface area (Å²) in [6, 6.07) is 7.65. The van der Waals surface area contributed by atoms with Crippen LogP contribution in [0.15, 0.2) is 33.9 Å². The van der Waals surface area contributed by atoms with Gasteiger partial charge in [-0.15, -0.1) is 0 Å². The van der Waals surface area contributed by atoms with Crippen molar-refractivity contribution in [3.8, 4) is 0 Å². The van der Waals surface area contributed by atoms with E-state index in [0.29, 0.717) is 6.54 Å². The summed E-state index contributed by atoms with van der Waals surface area (Å²) in [6.45, 7) is 3.16. The third kappa shape index (κ3) is 2.80. The highest BCUT2D eigenvalue weighted by molar-refractivity contribution is 6.03. The van der Waals surface area contributed by atoms with Crippen LogP contribution in [-0.4, -0.2) is 32.4 Å². The smallest absolute Gasteiger partial charge is 0.332 e. The van der Waals surface area contributed by atoms with Crippen LogP contribution in [0, 0.1) is 0 Å². The molecule has 1 aliphatic heterocycles. The van der Waals surface area contributed by atoms with Crippen LogP contribution in [-0.2, 0) is 27.1 Å². The van der Waals surface area contributed by atoms with Crippen LogP contribution >= 0.6 is 0 Å². The van der Waals surface area contributed by atoms with E-state index in [0.717, 1.165) is 22.1 Å². The number of rotatable bonds is 3. The first-order valence-corrected chi connectivity index (χ1v) is 8.23. The lowest BCUT2D eigenvalue weighted by molar-refractivity contribution is 0.0817. The Morgan fingerprint density at radius 1 is 1.12 bits per heavy atom. The molecule has 2 heterocycles. The Balaban J connectivity index is 1.95. The summed E-state index contributed by atoms with van der Waals surface area (Å²) in [5.41, 5.74) is 7.08. The standard InChI is InChI=1S/C18H22N4O3/c1-11(22-9-8-12-6-4-5-7-13(12)10-22)15(23)14-16(19)20(2)18(25)21(3)17(14)24/h4-7,11H,8-10,19H2,1-3H3/t11-/m0/s1. The number of nitrogens with zero attached hydrogens (tertiary/aromatic N) is 3. The molecule has 7 heteroatoms. The van der Waals surface area contributed by atoms with Crippen molar-refractivity contribution in [1.29, 1.82) is 0 Å². The summed E-state index contributed by atoms with van der Waals surface area (Å²) in [7, 11) is 2.80. The maximum atomic E-state index is 13.0. The molecule has 1 aromatic carbocycles. The lowest BCUT2D eigenvalue weighted by Crippen LogP contribution is -2.47. The van der Waals surface area contributed by atoms with Crippen molar-refractivity contribution in [2.24, 2.45) is 14.1 Å². The van der Waals surface area contributed by atoms with Crippen LogP contribution in [0.3, 0.4) is 0 Å². The first-order chi connectivity index (χ1) is 11.8. The van der Waals surface area contributed by atoms with E-state index in [4.69, 9.17) is 5.73 Å². The van der Waals surface area contributed by atoms with Gasteiger partial charge in [-0.05, 0) is 24.5 Å². The number of fused-ring (bicyclic) bond motifs is 1. The zero-order valence-corrected chi connectivity index (χ0v) is 14.7. The van der Waals surface area contributed by atoms with Gasteiger partial charge >= 0.3 is 5.69 Å². The Hall–Kier alpha value is -2.67. The molecule has 0 fully saturated rings. The fourth-order valence-electron chi connectivity index (χ4n) is 3.31. The summed E-state index contributed by atoms with van der Waals surface area (Å²) in [5.74, 6) is -0.435. The van der Waals surface area contributed by atoms with E-state index in [9.17, 15) is 14.4 Å². The summed E-state index contributed by atoms with van der Waals surface area (Å²) in [5, 5.41) is 0. The van der Waals surface area contributed by atoms with E-state index in [2.05, 4.69) is 12.1 Å². The number of anilines is 1. The van der Waals surface area contributed by atoms with Gasteiger partial charge in [0.25, 0.3) is 5.56 Å². The molecule has 25 heavy (non-hydrogen) atoms. The number of carbonyl (C=O) groups is 1. The summed E-state index contributed by atoms with van der Waals surface area (Å²) in [6.07, 6.45) is 0.856. The normalized spacial score (nSPS) is 15.6. The average molecular weight is 342 g/mol. The molecular weight excluding hydrogens is 320 g/mol. The van der Waals surface area contributed by atoms with Gasteiger partial charge in [-0.3, -0.25) is 23.6 Å². The molecule has 132 valence electrons. The molecule has 0 saturated heterocycles. The quantitative estimate of drug-likeness (QED) is 0.810. The number of benzene rings is 1. The van der Waals surface area contributed by atoms with E-state index in [1.807, 2.05) is 17.0 Å². The van der Waals surface area contributed by atoms with Crippen molar-refractivity contribution in [2.45, 2.75) is 25.9 Å². The predicted molar refractivity (Wildman–Crippen MR) is 95.7 cm³/mol. The van der Waals surface area contributed by atoms with Gasteiger partial charge in [-0.25, -0.2) is 4.79 Å². The van der Waals surface area contributed by atoms with Gasteiger partial charge in [0, 0.05) is 27.2 Å². The molecule has 0 bridgehead atoms. The average Bonchev–Trinajstić information content (AvgIpc) is 2.63. The molecule has 0 spiro atoms. The van der Waals surface area contributed by atoms with Gasteiger partial charge in [-0.2, -0.15) is 0 Å². The minimum Gasteiger partial charge on any atom is -0.384 e. The number of hydrogen-bond acceptors (Lipinski definition) is 5. The van der Waals surface area contributed by atoms with E-state index in [1.54, 1.807) is 6.92 Å². The number of Topliss-reactive ketones (excluding diaryl/α,β-unsaturated/α-hetero) is 1. The Labute approximate surface area is 145 Å². The number of carbonyl (C=O) groups excluding carboxylic acids is 1. The van der Waals surface area contributed by atoms with Gasteiger partial charge in [0.15, 0.2) is 5.78 Å². The van der Waals surface area contributed by atoms with Crippen molar-refractivity contribution in [2.75, 3.05) is 12.3 Å². The fraction of sp³-hybridized carbons (Fsp3) is 0.389. The van der Waals surface area contributed by atoms with Gasteiger partial charge in [0.05, 0.1) is 6.04 Å². The van der Waals surface area contributed by atoms with Crippen LogP contribution in [0.25, 0.3) is 0 Å². The second-order valence-corrected chi connectivity index (χ2v) is 6.50. The van der Waals surface area contributed by atoms with E-state index in [-0.39, 0.29) is 17.2 Å². The Morgan fingerprint density at radius 3 is 2.44 bits per heavy atom. The van der Waals surface area contributed by atoms with E-state index >= 15 is 0 Å². The third-order valence-electron chi connectivity index (χ3n) is 5.04. The Bertz CT molecular complexity index is 958.